The van der Waals surface area contributed by atoms with E-state index in [9.17, 15) is 14.3 Å². The number of aliphatic hydroxyl groups excluding tert-OH is 1. The second-order valence-electron chi connectivity index (χ2n) is 7.66. The third-order valence-electron chi connectivity index (χ3n) is 5.15. The first-order chi connectivity index (χ1) is 14.4. The number of anilines is 1. The number of nitrogens with zero attached hydrogens (tertiary/aromatic N) is 3. The summed E-state index contributed by atoms with van der Waals surface area (Å²) in [7, 11) is 0. The van der Waals surface area contributed by atoms with Crippen LogP contribution in [0.2, 0.25) is 0 Å². The van der Waals surface area contributed by atoms with Gasteiger partial charge in [-0.05, 0) is 37.5 Å². The summed E-state index contributed by atoms with van der Waals surface area (Å²) in [6, 6.07) is 4.53. The number of benzene rings is 1. The molecule has 1 atom stereocenters. The van der Waals surface area contributed by atoms with Crippen LogP contribution >= 0.6 is 0 Å². The summed E-state index contributed by atoms with van der Waals surface area (Å²) in [5.74, 6) is -0.553. The van der Waals surface area contributed by atoms with Gasteiger partial charge in [-0.3, -0.25) is 14.6 Å². The van der Waals surface area contributed by atoms with Crippen LogP contribution in [0.4, 0.5) is 10.1 Å². The maximum Gasteiger partial charge on any atom is 0.277 e. The zero-order chi connectivity index (χ0) is 21.5. The normalized spacial score (nSPS) is 16.4. The Labute approximate surface area is 176 Å². The highest BCUT2D eigenvalue weighted by atomic mass is 19.1. The Kier molecular flexibility index (Phi) is 7.73. The van der Waals surface area contributed by atoms with Crippen LogP contribution in [0.5, 0.6) is 0 Å². The number of nitrogens with one attached hydrogen (secondary N) is 1. The standard InChI is InChI=1S/C22H29FN4O3/c1-3-4-5-17(28)13-26-8-10-27(11-9-26)14-21-24-20(15-30-21)22(29)25-19-12-16(2)6-7-18(19)23/h3,6-7,12,15,17,28H,1,4-5,8-11,13-14H2,2H3,(H,25,29)/t17-/m1/s1. The molecule has 1 aromatic heterocycles. The lowest BCUT2D eigenvalue weighted by Gasteiger charge is -2.34. The van der Waals surface area contributed by atoms with E-state index in [2.05, 4.69) is 26.7 Å². The van der Waals surface area contributed by atoms with Gasteiger partial charge in [-0.15, -0.1) is 6.58 Å². The number of carbonyl (C=O) groups is 1. The lowest BCUT2D eigenvalue weighted by Crippen LogP contribution is -2.48. The van der Waals surface area contributed by atoms with E-state index >= 15 is 0 Å². The number of halogens is 1. The summed E-state index contributed by atoms with van der Waals surface area (Å²) in [6.07, 6.45) is 4.34. The van der Waals surface area contributed by atoms with Gasteiger partial charge in [-0.25, -0.2) is 9.37 Å². The van der Waals surface area contributed by atoms with Crippen LogP contribution in [0, 0.1) is 12.7 Å². The smallest absolute Gasteiger partial charge is 0.277 e. The maximum absolute atomic E-state index is 13.8. The Morgan fingerprint density at radius 2 is 2.10 bits per heavy atom. The van der Waals surface area contributed by atoms with Gasteiger partial charge in [-0.1, -0.05) is 12.1 Å². The SMILES string of the molecule is C=CCC[C@@H](O)CN1CCN(Cc2nc(C(=O)Nc3cc(C)ccc3F)co2)CC1. The number of oxazole rings is 1. The van der Waals surface area contributed by atoms with E-state index in [1.165, 1.54) is 12.3 Å². The molecule has 1 aromatic carbocycles. The molecule has 0 spiro atoms. The Bertz CT molecular complexity index is 862. The van der Waals surface area contributed by atoms with Crippen LogP contribution < -0.4 is 5.32 Å². The molecule has 2 heterocycles. The van der Waals surface area contributed by atoms with Crippen LogP contribution in [-0.2, 0) is 6.54 Å². The largest absolute Gasteiger partial charge is 0.447 e. The van der Waals surface area contributed by atoms with Crippen molar-refractivity contribution in [2.24, 2.45) is 0 Å². The van der Waals surface area contributed by atoms with Gasteiger partial charge in [0.15, 0.2) is 5.69 Å². The molecular formula is C22H29FN4O3. The monoisotopic (exact) mass is 416 g/mol. The zero-order valence-electron chi connectivity index (χ0n) is 17.3. The third-order valence-corrected chi connectivity index (χ3v) is 5.15. The topological polar surface area (TPSA) is 81.8 Å². The molecule has 1 amide bonds. The fourth-order valence-electron chi connectivity index (χ4n) is 3.43. The number of β-amino-alcohol motifs (C(OH)–C–C–N with tert-alkyl or cyclic N) is 1. The van der Waals surface area contributed by atoms with Gasteiger partial charge in [-0.2, -0.15) is 0 Å². The van der Waals surface area contributed by atoms with Gasteiger partial charge in [0.1, 0.15) is 12.1 Å². The lowest BCUT2D eigenvalue weighted by molar-refractivity contribution is 0.0642. The van der Waals surface area contributed by atoms with Gasteiger partial charge in [0.05, 0.1) is 18.3 Å². The van der Waals surface area contributed by atoms with Crippen LogP contribution in [0.3, 0.4) is 0 Å². The Balaban J connectivity index is 1.47. The Hall–Kier alpha value is -2.55. The molecule has 3 rings (SSSR count). The molecule has 0 bridgehead atoms. The fourth-order valence-corrected chi connectivity index (χ4v) is 3.43. The minimum Gasteiger partial charge on any atom is -0.447 e. The molecule has 1 aliphatic heterocycles. The third kappa shape index (κ3) is 6.22. The molecule has 7 nitrogen and oxygen atoms in total. The summed E-state index contributed by atoms with van der Waals surface area (Å²) in [6.45, 7) is 10.0. The summed E-state index contributed by atoms with van der Waals surface area (Å²) in [5.41, 5.74) is 1.09. The van der Waals surface area contributed by atoms with Crippen molar-refractivity contribution in [3.05, 3.63) is 60.1 Å². The van der Waals surface area contributed by atoms with Crippen molar-refractivity contribution in [1.82, 2.24) is 14.8 Å². The summed E-state index contributed by atoms with van der Waals surface area (Å²) in [5, 5.41) is 12.6. The highest BCUT2D eigenvalue weighted by Crippen LogP contribution is 2.17. The number of aromatic nitrogens is 1. The molecule has 1 saturated heterocycles. The lowest BCUT2D eigenvalue weighted by atomic mass is 10.1. The molecule has 0 saturated carbocycles. The predicted octanol–water partition coefficient (Wildman–Crippen LogP) is 2.82. The van der Waals surface area contributed by atoms with Crippen molar-refractivity contribution >= 4 is 11.6 Å². The number of carbonyl (C=O) groups excluding carboxylic acids is 1. The first kappa shape index (κ1) is 22.1. The number of hydrogen-bond donors (Lipinski definition) is 2. The number of aryl methyl sites for hydroxylation is 1. The number of piperazine rings is 1. The summed E-state index contributed by atoms with van der Waals surface area (Å²) in [4.78, 5) is 21.0. The maximum atomic E-state index is 13.8. The van der Waals surface area contributed by atoms with Crippen molar-refractivity contribution in [1.29, 1.82) is 0 Å². The van der Waals surface area contributed by atoms with Crippen LogP contribution in [0.15, 0.2) is 41.5 Å². The first-order valence-electron chi connectivity index (χ1n) is 10.2. The first-order valence-corrected chi connectivity index (χ1v) is 10.2. The van der Waals surface area contributed by atoms with Gasteiger partial charge in [0, 0.05) is 32.7 Å². The van der Waals surface area contributed by atoms with Gasteiger partial charge in [0.25, 0.3) is 5.91 Å². The van der Waals surface area contributed by atoms with Crippen molar-refractivity contribution in [3.8, 4) is 0 Å². The van der Waals surface area contributed by atoms with Gasteiger partial charge < -0.3 is 14.8 Å². The molecule has 0 radical (unpaired) electrons. The Morgan fingerprint density at radius 3 is 2.83 bits per heavy atom. The quantitative estimate of drug-likeness (QED) is 0.612. The molecular weight excluding hydrogens is 387 g/mol. The van der Waals surface area contributed by atoms with Crippen molar-refractivity contribution in [2.75, 3.05) is 38.0 Å². The molecule has 0 aliphatic carbocycles. The molecule has 162 valence electrons. The van der Waals surface area contributed by atoms with E-state index in [1.807, 2.05) is 13.0 Å². The number of aliphatic hydroxyl groups is 1. The van der Waals surface area contributed by atoms with E-state index in [-0.39, 0.29) is 17.5 Å². The minimum atomic E-state index is -0.507. The second-order valence-corrected chi connectivity index (χ2v) is 7.66. The minimum absolute atomic E-state index is 0.120. The van der Waals surface area contributed by atoms with Gasteiger partial charge in [0.2, 0.25) is 5.89 Å². The molecule has 2 N–H and O–H groups in total. The summed E-state index contributed by atoms with van der Waals surface area (Å²) >= 11 is 0. The average Bonchev–Trinajstić information content (AvgIpc) is 3.19. The van der Waals surface area contributed by atoms with E-state index < -0.39 is 11.7 Å². The van der Waals surface area contributed by atoms with Crippen molar-refractivity contribution in [3.63, 3.8) is 0 Å². The molecule has 8 heteroatoms. The number of hydrogen-bond acceptors (Lipinski definition) is 6. The Morgan fingerprint density at radius 1 is 1.37 bits per heavy atom. The fraction of sp³-hybridized carbons (Fsp3) is 0.455. The molecule has 0 unspecified atom stereocenters. The van der Waals surface area contributed by atoms with Crippen LogP contribution in [0.25, 0.3) is 0 Å². The van der Waals surface area contributed by atoms with Crippen LogP contribution in [-0.4, -0.2) is 64.6 Å². The highest BCUT2D eigenvalue weighted by molar-refractivity contribution is 6.02. The second kappa shape index (κ2) is 10.5. The molecule has 30 heavy (non-hydrogen) atoms. The highest BCUT2D eigenvalue weighted by Gasteiger charge is 2.21. The van der Waals surface area contributed by atoms with Crippen LogP contribution in [0.1, 0.15) is 34.8 Å². The van der Waals surface area contributed by atoms with E-state index in [0.717, 1.165) is 44.6 Å². The number of allylic oxidation sites excluding steroid dienone is 1. The number of rotatable bonds is 9. The molecule has 1 fully saturated rings. The number of amides is 1. The zero-order valence-corrected chi connectivity index (χ0v) is 17.3. The van der Waals surface area contributed by atoms with E-state index in [0.29, 0.717) is 19.0 Å². The van der Waals surface area contributed by atoms with Gasteiger partial charge >= 0.3 is 0 Å². The van der Waals surface area contributed by atoms with Crippen molar-refractivity contribution < 1.29 is 18.7 Å². The average molecular weight is 416 g/mol. The van der Waals surface area contributed by atoms with E-state index in [4.69, 9.17) is 4.42 Å². The predicted molar refractivity (Wildman–Crippen MR) is 113 cm³/mol. The molecule has 1 aliphatic rings. The van der Waals surface area contributed by atoms with E-state index in [1.54, 1.807) is 12.1 Å². The molecule has 2 aromatic rings. The summed E-state index contributed by atoms with van der Waals surface area (Å²) < 4.78 is 19.3. The van der Waals surface area contributed by atoms with Crippen molar-refractivity contribution in [2.45, 2.75) is 32.4 Å².